The van der Waals surface area contributed by atoms with Crippen LogP contribution in [-0.2, 0) is 19.3 Å². The summed E-state index contributed by atoms with van der Waals surface area (Å²) in [6, 6.07) is 0.126. The second-order valence-electron chi connectivity index (χ2n) is 4.87. The Morgan fingerprint density at radius 1 is 1.32 bits per heavy atom. The molecule has 0 radical (unpaired) electrons. The summed E-state index contributed by atoms with van der Waals surface area (Å²) in [5.41, 5.74) is 5.98. The first-order chi connectivity index (χ1) is 8.84. The van der Waals surface area contributed by atoms with Crippen molar-refractivity contribution in [3.63, 3.8) is 0 Å². The van der Waals surface area contributed by atoms with Crippen LogP contribution in [0.25, 0.3) is 0 Å². The molecule has 1 aliphatic heterocycles. The van der Waals surface area contributed by atoms with Gasteiger partial charge in [-0.1, -0.05) is 6.92 Å². The first-order valence-electron chi connectivity index (χ1n) is 6.33. The Kier molecular flexibility index (Phi) is 3.82. The van der Waals surface area contributed by atoms with Gasteiger partial charge in [0.05, 0.1) is 6.54 Å². The Hall–Kier alpha value is -1.15. The van der Waals surface area contributed by atoms with Gasteiger partial charge in [-0.15, -0.1) is 10.2 Å². The molecule has 0 bridgehead atoms. The average molecular weight is 277 g/mol. The van der Waals surface area contributed by atoms with E-state index in [0.717, 1.165) is 11.0 Å². The van der Waals surface area contributed by atoms with Crippen molar-refractivity contribution in [2.24, 2.45) is 5.73 Å². The minimum absolute atomic E-state index is 0.0107. The van der Waals surface area contributed by atoms with Crippen molar-refractivity contribution in [3.05, 3.63) is 11.6 Å². The van der Waals surface area contributed by atoms with E-state index in [4.69, 9.17) is 5.73 Å². The Balaban J connectivity index is 2.16. The highest BCUT2D eigenvalue weighted by molar-refractivity contribution is 5.03. The molecule has 2 N–H and O–H groups in total. The summed E-state index contributed by atoms with van der Waals surface area (Å²) >= 11 is 0. The highest BCUT2D eigenvalue weighted by atomic mass is 19.4. The van der Waals surface area contributed by atoms with Crippen molar-refractivity contribution >= 4 is 0 Å². The Morgan fingerprint density at radius 3 is 2.58 bits per heavy atom. The van der Waals surface area contributed by atoms with E-state index in [1.807, 2.05) is 13.8 Å². The predicted octanol–water partition coefficient (Wildman–Crippen LogP) is 1.24. The topological polar surface area (TPSA) is 60.0 Å². The molecule has 1 aromatic rings. The lowest BCUT2D eigenvalue weighted by Gasteiger charge is -2.35. The summed E-state index contributed by atoms with van der Waals surface area (Å²) < 4.78 is 39.2. The zero-order chi connectivity index (χ0) is 14.2. The molecule has 2 atom stereocenters. The Morgan fingerprint density at radius 2 is 2.00 bits per heavy atom. The first-order valence-corrected chi connectivity index (χ1v) is 6.33. The molecule has 1 aromatic heterocycles. The molecule has 19 heavy (non-hydrogen) atoms. The second kappa shape index (κ2) is 5.09. The molecular weight excluding hydrogens is 259 g/mol. The number of hydrogen-bond acceptors (Lipinski definition) is 4. The number of alkyl halides is 3. The SMILES string of the molecule is CCC(N)C(C)N1CCn2c(nnc2C(F)(F)F)C1. The maximum absolute atomic E-state index is 12.7. The summed E-state index contributed by atoms with van der Waals surface area (Å²) in [6.45, 7) is 5.12. The molecule has 0 aromatic carbocycles. The normalized spacial score (nSPS) is 20.1. The van der Waals surface area contributed by atoms with E-state index in [-0.39, 0.29) is 18.6 Å². The van der Waals surface area contributed by atoms with Crippen LogP contribution < -0.4 is 5.73 Å². The predicted molar refractivity (Wildman–Crippen MR) is 63.2 cm³/mol. The van der Waals surface area contributed by atoms with Crippen molar-refractivity contribution < 1.29 is 13.2 Å². The van der Waals surface area contributed by atoms with Crippen LogP contribution in [-0.4, -0.2) is 38.3 Å². The van der Waals surface area contributed by atoms with E-state index in [1.54, 1.807) is 0 Å². The third-order valence-electron chi connectivity index (χ3n) is 3.70. The van der Waals surface area contributed by atoms with Gasteiger partial charge >= 0.3 is 6.18 Å². The monoisotopic (exact) mass is 277 g/mol. The molecule has 1 aliphatic rings. The molecule has 108 valence electrons. The minimum Gasteiger partial charge on any atom is -0.326 e. The molecule has 2 rings (SSSR count). The van der Waals surface area contributed by atoms with Crippen molar-refractivity contribution in [2.75, 3.05) is 6.54 Å². The summed E-state index contributed by atoms with van der Waals surface area (Å²) in [4.78, 5) is 2.05. The first kappa shape index (κ1) is 14.3. The van der Waals surface area contributed by atoms with E-state index < -0.39 is 12.0 Å². The molecule has 2 heterocycles. The number of halogens is 3. The summed E-state index contributed by atoms with van der Waals surface area (Å²) in [5.74, 6) is -0.552. The Labute approximate surface area is 109 Å². The van der Waals surface area contributed by atoms with Gasteiger partial charge in [-0.3, -0.25) is 4.90 Å². The fourth-order valence-electron chi connectivity index (χ4n) is 2.35. The molecule has 0 fully saturated rings. The molecule has 0 aliphatic carbocycles. The number of hydrogen-bond donors (Lipinski definition) is 1. The zero-order valence-electron chi connectivity index (χ0n) is 11.0. The van der Waals surface area contributed by atoms with E-state index in [1.165, 1.54) is 0 Å². The van der Waals surface area contributed by atoms with Gasteiger partial charge in [-0.2, -0.15) is 13.2 Å². The fourth-order valence-corrected chi connectivity index (χ4v) is 2.35. The lowest BCUT2D eigenvalue weighted by molar-refractivity contribution is -0.148. The molecule has 8 heteroatoms. The van der Waals surface area contributed by atoms with Gasteiger partial charge in [-0.05, 0) is 13.3 Å². The lowest BCUT2D eigenvalue weighted by Crippen LogP contribution is -2.48. The van der Waals surface area contributed by atoms with Crippen LogP contribution >= 0.6 is 0 Å². The van der Waals surface area contributed by atoms with E-state index in [0.29, 0.717) is 18.9 Å². The van der Waals surface area contributed by atoms with Crippen LogP contribution in [0, 0.1) is 0 Å². The van der Waals surface area contributed by atoms with Gasteiger partial charge in [-0.25, -0.2) is 0 Å². The molecular formula is C11H18F3N5. The third kappa shape index (κ3) is 2.74. The number of aromatic nitrogens is 3. The Bertz CT molecular complexity index is 442. The minimum atomic E-state index is -4.45. The van der Waals surface area contributed by atoms with Crippen molar-refractivity contribution in [1.82, 2.24) is 19.7 Å². The molecule has 5 nitrogen and oxygen atoms in total. The van der Waals surface area contributed by atoms with Gasteiger partial charge in [0.25, 0.3) is 0 Å². The van der Waals surface area contributed by atoms with E-state index >= 15 is 0 Å². The van der Waals surface area contributed by atoms with Gasteiger partial charge in [0.2, 0.25) is 5.82 Å². The van der Waals surface area contributed by atoms with Crippen LogP contribution in [0.4, 0.5) is 13.2 Å². The summed E-state index contributed by atoms with van der Waals surface area (Å²) in [5, 5.41) is 6.91. The lowest BCUT2D eigenvalue weighted by atomic mass is 10.1. The molecule has 0 spiro atoms. The number of rotatable bonds is 3. The van der Waals surface area contributed by atoms with E-state index in [9.17, 15) is 13.2 Å². The molecule has 0 saturated heterocycles. The van der Waals surface area contributed by atoms with Crippen LogP contribution in [0.1, 0.15) is 31.9 Å². The molecule has 0 saturated carbocycles. The highest BCUT2D eigenvalue weighted by Crippen LogP contribution is 2.29. The van der Waals surface area contributed by atoms with Gasteiger partial charge in [0.1, 0.15) is 5.82 Å². The van der Waals surface area contributed by atoms with Crippen LogP contribution in [0.15, 0.2) is 0 Å². The molecule has 0 amide bonds. The van der Waals surface area contributed by atoms with Gasteiger partial charge < -0.3 is 10.3 Å². The van der Waals surface area contributed by atoms with Crippen LogP contribution in [0.3, 0.4) is 0 Å². The fraction of sp³-hybridized carbons (Fsp3) is 0.818. The van der Waals surface area contributed by atoms with Gasteiger partial charge in [0, 0.05) is 25.2 Å². The number of fused-ring (bicyclic) bond motifs is 1. The number of nitrogens with two attached hydrogens (primary N) is 1. The van der Waals surface area contributed by atoms with Crippen LogP contribution in [0.5, 0.6) is 0 Å². The smallest absolute Gasteiger partial charge is 0.326 e. The van der Waals surface area contributed by atoms with Crippen LogP contribution in [0.2, 0.25) is 0 Å². The second-order valence-corrected chi connectivity index (χ2v) is 4.87. The average Bonchev–Trinajstić information content (AvgIpc) is 2.79. The van der Waals surface area contributed by atoms with Gasteiger partial charge in [0.15, 0.2) is 0 Å². The summed E-state index contributed by atoms with van der Waals surface area (Å²) in [6.07, 6.45) is -3.61. The maximum Gasteiger partial charge on any atom is 0.451 e. The zero-order valence-corrected chi connectivity index (χ0v) is 11.0. The standard InChI is InChI=1S/C11H18F3N5/c1-3-8(15)7(2)18-4-5-19-9(6-18)16-17-10(19)11(12,13)14/h7-8H,3-6,15H2,1-2H3. The largest absolute Gasteiger partial charge is 0.451 e. The maximum atomic E-state index is 12.7. The van der Waals surface area contributed by atoms with Crippen molar-refractivity contribution in [3.8, 4) is 0 Å². The third-order valence-corrected chi connectivity index (χ3v) is 3.70. The number of nitrogens with zero attached hydrogens (tertiary/aromatic N) is 4. The summed E-state index contributed by atoms with van der Waals surface area (Å²) in [7, 11) is 0. The van der Waals surface area contributed by atoms with Crippen molar-refractivity contribution in [2.45, 2.75) is 51.6 Å². The molecule has 2 unspecified atom stereocenters. The van der Waals surface area contributed by atoms with E-state index in [2.05, 4.69) is 15.1 Å². The van der Waals surface area contributed by atoms with Crippen molar-refractivity contribution in [1.29, 1.82) is 0 Å². The highest BCUT2D eigenvalue weighted by Gasteiger charge is 2.40. The quantitative estimate of drug-likeness (QED) is 0.903.